The van der Waals surface area contributed by atoms with E-state index in [2.05, 4.69) is 26.8 Å². The van der Waals surface area contributed by atoms with Crippen LogP contribution in [0.4, 0.5) is 0 Å². The molecule has 0 saturated carbocycles. The van der Waals surface area contributed by atoms with Crippen molar-refractivity contribution in [2.75, 3.05) is 0 Å². The summed E-state index contributed by atoms with van der Waals surface area (Å²) >= 11 is 0. The van der Waals surface area contributed by atoms with Crippen LogP contribution in [0.3, 0.4) is 0 Å². The third-order valence-electron chi connectivity index (χ3n) is 3.29. The number of carbonyl (C=O) groups is 1. The highest BCUT2D eigenvalue weighted by molar-refractivity contribution is 5.77. The maximum atomic E-state index is 10.8. The Labute approximate surface area is 120 Å². The monoisotopic (exact) mass is 268 g/mol. The molecule has 0 amide bonds. The molecule has 0 bridgehead atoms. The standard InChI is InChI=1S/C18H20O2/c1-13-11-15(10-9-14(13)12-19)20-17-8-6-5-7-16(17)18(2,3)4/h5-12H,1-4H3. The van der Waals surface area contributed by atoms with Crippen LogP contribution in [-0.4, -0.2) is 6.29 Å². The Kier molecular flexibility index (Phi) is 3.93. The van der Waals surface area contributed by atoms with Gasteiger partial charge in [-0.2, -0.15) is 0 Å². The van der Waals surface area contributed by atoms with E-state index in [9.17, 15) is 4.79 Å². The smallest absolute Gasteiger partial charge is 0.150 e. The van der Waals surface area contributed by atoms with E-state index < -0.39 is 0 Å². The quantitative estimate of drug-likeness (QED) is 0.740. The molecular formula is C18H20O2. The minimum absolute atomic E-state index is 0.0222. The summed E-state index contributed by atoms with van der Waals surface area (Å²) in [6.07, 6.45) is 0.863. The van der Waals surface area contributed by atoms with Crippen molar-refractivity contribution < 1.29 is 9.53 Å². The molecule has 2 rings (SSSR count). The molecule has 2 aromatic carbocycles. The van der Waals surface area contributed by atoms with Gasteiger partial charge in [0.1, 0.15) is 17.8 Å². The summed E-state index contributed by atoms with van der Waals surface area (Å²) in [5, 5.41) is 0. The first-order valence-corrected chi connectivity index (χ1v) is 6.75. The average molecular weight is 268 g/mol. The van der Waals surface area contributed by atoms with Crippen molar-refractivity contribution in [3.8, 4) is 11.5 Å². The number of aryl methyl sites for hydroxylation is 1. The number of ether oxygens (including phenoxy) is 1. The molecule has 0 radical (unpaired) electrons. The number of hydrogen-bond donors (Lipinski definition) is 0. The molecule has 0 atom stereocenters. The fourth-order valence-electron chi connectivity index (χ4n) is 2.15. The lowest BCUT2D eigenvalue weighted by molar-refractivity contribution is 0.112. The summed E-state index contributed by atoms with van der Waals surface area (Å²) in [5.41, 5.74) is 2.80. The van der Waals surface area contributed by atoms with E-state index in [-0.39, 0.29) is 5.41 Å². The summed E-state index contributed by atoms with van der Waals surface area (Å²) < 4.78 is 6.00. The maximum absolute atomic E-state index is 10.8. The van der Waals surface area contributed by atoms with Crippen molar-refractivity contribution in [2.24, 2.45) is 0 Å². The SMILES string of the molecule is Cc1cc(Oc2ccccc2C(C)(C)C)ccc1C=O. The molecular weight excluding hydrogens is 248 g/mol. The number of hydrogen-bond acceptors (Lipinski definition) is 2. The van der Waals surface area contributed by atoms with Gasteiger partial charge in [-0.3, -0.25) is 4.79 Å². The number of carbonyl (C=O) groups excluding carboxylic acids is 1. The second kappa shape index (κ2) is 5.49. The van der Waals surface area contributed by atoms with Gasteiger partial charge in [-0.05, 0) is 42.2 Å². The van der Waals surface area contributed by atoms with Crippen molar-refractivity contribution in [2.45, 2.75) is 33.1 Å². The Balaban J connectivity index is 2.36. The molecule has 20 heavy (non-hydrogen) atoms. The zero-order chi connectivity index (χ0) is 14.8. The number of para-hydroxylation sites is 1. The fourth-order valence-corrected chi connectivity index (χ4v) is 2.15. The molecule has 0 N–H and O–H groups in total. The zero-order valence-corrected chi connectivity index (χ0v) is 12.4. The third kappa shape index (κ3) is 3.08. The van der Waals surface area contributed by atoms with E-state index in [4.69, 9.17) is 4.74 Å². The molecule has 2 nitrogen and oxygen atoms in total. The van der Waals surface area contributed by atoms with Gasteiger partial charge in [-0.1, -0.05) is 39.0 Å². The number of rotatable bonds is 3. The summed E-state index contributed by atoms with van der Waals surface area (Å²) in [6.45, 7) is 8.40. The maximum Gasteiger partial charge on any atom is 0.150 e. The molecule has 0 aromatic heterocycles. The van der Waals surface area contributed by atoms with Gasteiger partial charge in [0.25, 0.3) is 0 Å². The first-order valence-electron chi connectivity index (χ1n) is 6.75. The average Bonchev–Trinajstić information content (AvgIpc) is 2.38. The van der Waals surface area contributed by atoms with Crippen molar-refractivity contribution in [1.82, 2.24) is 0 Å². The topological polar surface area (TPSA) is 26.3 Å². The van der Waals surface area contributed by atoms with E-state index in [1.165, 1.54) is 0 Å². The second-order valence-corrected chi connectivity index (χ2v) is 5.98. The molecule has 0 aliphatic rings. The summed E-state index contributed by atoms with van der Waals surface area (Å²) in [6, 6.07) is 13.6. The van der Waals surface area contributed by atoms with Crippen LogP contribution in [0.2, 0.25) is 0 Å². The minimum atomic E-state index is 0.0222. The molecule has 0 aliphatic carbocycles. The summed E-state index contributed by atoms with van der Waals surface area (Å²) in [7, 11) is 0. The van der Waals surface area contributed by atoms with Gasteiger partial charge in [0.2, 0.25) is 0 Å². The van der Waals surface area contributed by atoms with E-state index in [1.54, 1.807) is 6.07 Å². The van der Waals surface area contributed by atoms with Gasteiger partial charge in [0, 0.05) is 11.1 Å². The van der Waals surface area contributed by atoms with Crippen LogP contribution in [0.1, 0.15) is 42.3 Å². The van der Waals surface area contributed by atoms with Crippen LogP contribution < -0.4 is 4.74 Å². The lowest BCUT2D eigenvalue weighted by Crippen LogP contribution is -2.12. The van der Waals surface area contributed by atoms with Crippen LogP contribution in [-0.2, 0) is 5.41 Å². The van der Waals surface area contributed by atoms with Gasteiger partial charge in [-0.15, -0.1) is 0 Å². The van der Waals surface area contributed by atoms with Gasteiger partial charge >= 0.3 is 0 Å². The Morgan fingerprint density at radius 2 is 1.75 bits per heavy atom. The van der Waals surface area contributed by atoms with Crippen molar-refractivity contribution >= 4 is 6.29 Å². The molecule has 2 aromatic rings. The molecule has 104 valence electrons. The van der Waals surface area contributed by atoms with Gasteiger partial charge in [-0.25, -0.2) is 0 Å². The predicted octanol–water partition coefficient (Wildman–Crippen LogP) is 4.90. The molecule has 2 heteroatoms. The summed E-state index contributed by atoms with van der Waals surface area (Å²) in [4.78, 5) is 10.8. The Hall–Kier alpha value is -2.09. The lowest BCUT2D eigenvalue weighted by Gasteiger charge is -2.22. The van der Waals surface area contributed by atoms with Gasteiger partial charge in [0.05, 0.1) is 0 Å². The highest BCUT2D eigenvalue weighted by atomic mass is 16.5. The number of benzene rings is 2. The van der Waals surface area contributed by atoms with Crippen LogP contribution in [0.15, 0.2) is 42.5 Å². The number of aldehydes is 1. The zero-order valence-electron chi connectivity index (χ0n) is 12.4. The van der Waals surface area contributed by atoms with E-state index in [0.29, 0.717) is 5.56 Å². The first kappa shape index (κ1) is 14.3. The van der Waals surface area contributed by atoms with E-state index >= 15 is 0 Å². The molecule has 0 aliphatic heterocycles. The highest BCUT2D eigenvalue weighted by Gasteiger charge is 2.18. The van der Waals surface area contributed by atoms with Crippen LogP contribution in [0.25, 0.3) is 0 Å². The van der Waals surface area contributed by atoms with Crippen LogP contribution >= 0.6 is 0 Å². The molecule has 0 saturated heterocycles. The Morgan fingerprint density at radius 3 is 2.35 bits per heavy atom. The molecule has 0 fully saturated rings. The molecule has 0 unspecified atom stereocenters. The normalized spacial score (nSPS) is 11.2. The van der Waals surface area contributed by atoms with E-state index in [0.717, 1.165) is 28.9 Å². The van der Waals surface area contributed by atoms with Crippen molar-refractivity contribution in [3.05, 3.63) is 59.2 Å². The Bertz CT molecular complexity index is 622. The van der Waals surface area contributed by atoms with Crippen molar-refractivity contribution in [3.63, 3.8) is 0 Å². The van der Waals surface area contributed by atoms with Crippen LogP contribution in [0.5, 0.6) is 11.5 Å². The third-order valence-corrected chi connectivity index (χ3v) is 3.29. The second-order valence-electron chi connectivity index (χ2n) is 5.98. The van der Waals surface area contributed by atoms with Crippen LogP contribution in [0, 0.1) is 6.92 Å². The summed E-state index contributed by atoms with van der Waals surface area (Å²) in [5.74, 6) is 1.61. The van der Waals surface area contributed by atoms with Crippen molar-refractivity contribution in [1.29, 1.82) is 0 Å². The highest BCUT2D eigenvalue weighted by Crippen LogP contribution is 2.34. The Morgan fingerprint density at radius 1 is 1.05 bits per heavy atom. The fraction of sp³-hybridized carbons (Fsp3) is 0.278. The van der Waals surface area contributed by atoms with Gasteiger partial charge < -0.3 is 4.74 Å². The largest absolute Gasteiger partial charge is 0.457 e. The lowest BCUT2D eigenvalue weighted by atomic mass is 9.86. The molecule has 0 spiro atoms. The molecule has 0 heterocycles. The minimum Gasteiger partial charge on any atom is -0.457 e. The first-order chi connectivity index (χ1) is 9.41. The van der Waals surface area contributed by atoms with E-state index in [1.807, 2.05) is 37.3 Å². The van der Waals surface area contributed by atoms with Gasteiger partial charge in [0.15, 0.2) is 0 Å². The predicted molar refractivity (Wildman–Crippen MR) is 81.8 cm³/mol.